The number of anilines is 1. The van der Waals surface area contributed by atoms with Gasteiger partial charge in [-0.05, 0) is 20.8 Å². The largest absolute Gasteiger partial charge is 0.396 e. The number of aromatic nitrogens is 2. The first-order chi connectivity index (χ1) is 7.76. The van der Waals surface area contributed by atoms with Crippen LogP contribution < -0.4 is 5.73 Å². The normalized spacial score (nSPS) is 11.6. The van der Waals surface area contributed by atoms with Crippen LogP contribution in [0.2, 0.25) is 0 Å². The van der Waals surface area contributed by atoms with Crippen molar-refractivity contribution in [2.24, 2.45) is 7.05 Å². The van der Waals surface area contributed by atoms with Gasteiger partial charge in [0.05, 0.1) is 17.5 Å². The van der Waals surface area contributed by atoms with E-state index in [1.165, 1.54) is 10.9 Å². The Labute approximate surface area is 101 Å². The second-order valence-electron chi connectivity index (χ2n) is 4.70. The molecule has 17 heavy (non-hydrogen) atoms. The average Bonchev–Trinajstić information content (AvgIpc) is 2.53. The second kappa shape index (κ2) is 4.75. The number of nitrogens with two attached hydrogens (primary N) is 1. The fourth-order valence-electron chi connectivity index (χ4n) is 1.66. The van der Waals surface area contributed by atoms with Gasteiger partial charge < -0.3 is 15.7 Å². The molecule has 0 unspecified atom stereocenters. The van der Waals surface area contributed by atoms with E-state index in [9.17, 15) is 9.90 Å². The highest BCUT2D eigenvalue weighted by molar-refractivity contribution is 5.97. The van der Waals surface area contributed by atoms with Crippen LogP contribution in [0.15, 0.2) is 6.20 Å². The van der Waals surface area contributed by atoms with Gasteiger partial charge in [0.2, 0.25) is 0 Å². The van der Waals surface area contributed by atoms with Crippen LogP contribution in [-0.2, 0) is 7.05 Å². The van der Waals surface area contributed by atoms with E-state index in [0.29, 0.717) is 17.9 Å². The molecule has 1 rings (SSSR count). The predicted octanol–water partition coefficient (Wildman–Crippen LogP) is 0.235. The van der Waals surface area contributed by atoms with Gasteiger partial charge in [0, 0.05) is 20.1 Å². The Morgan fingerprint density at radius 1 is 1.65 bits per heavy atom. The van der Waals surface area contributed by atoms with Gasteiger partial charge in [-0.3, -0.25) is 9.48 Å². The molecule has 1 aromatic rings. The summed E-state index contributed by atoms with van der Waals surface area (Å²) in [5, 5.41) is 13.7. The maximum absolute atomic E-state index is 12.2. The zero-order valence-corrected chi connectivity index (χ0v) is 10.8. The summed E-state index contributed by atoms with van der Waals surface area (Å²) in [6.45, 7) is 5.95. The highest BCUT2D eigenvalue weighted by Crippen LogP contribution is 2.14. The maximum atomic E-state index is 12.2. The number of hydrogen-bond acceptors (Lipinski definition) is 4. The van der Waals surface area contributed by atoms with Gasteiger partial charge in [0.1, 0.15) is 5.69 Å². The molecule has 0 aliphatic carbocycles. The first-order valence-electron chi connectivity index (χ1n) is 5.55. The summed E-state index contributed by atoms with van der Waals surface area (Å²) < 4.78 is 1.45. The lowest BCUT2D eigenvalue weighted by molar-refractivity contribution is 0.0309. The summed E-state index contributed by atoms with van der Waals surface area (Å²) in [4.78, 5) is 13.8. The van der Waals surface area contributed by atoms with E-state index in [4.69, 9.17) is 5.73 Å². The quantitative estimate of drug-likeness (QED) is 0.789. The van der Waals surface area contributed by atoms with Gasteiger partial charge >= 0.3 is 0 Å². The molecule has 0 radical (unpaired) electrons. The molecule has 1 aromatic heterocycles. The molecule has 0 fully saturated rings. The van der Waals surface area contributed by atoms with Crippen molar-refractivity contribution in [3.8, 4) is 0 Å². The number of amides is 1. The molecule has 6 heteroatoms. The minimum Gasteiger partial charge on any atom is -0.396 e. The maximum Gasteiger partial charge on any atom is 0.274 e. The Balaban J connectivity index is 2.95. The van der Waals surface area contributed by atoms with Crippen LogP contribution in [0.4, 0.5) is 5.69 Å². The van der Waals surface area contributed by atoms with Crippen LogP contribution in [0.5, 0.6) is 0 Å². The van der Waals surface area contributed by atoms with Crippen LogP contribution in [0.3, 0.4) is 0 Å². The number of carbonyl (C=O) groups excluding carboxylic acids is 1. The van der Waals surface area contributed by atoms with Gasteiger partial charge in [-0.15, -0.1) is 0 Å². The lowest BCUT2D eigenvalue weighted by Crippen LogP contribution is -2.42. The molecule has 0 spiro atoms. The Kier molecular flexibility index (Phi) is 3.77. The number of nitrogens with zero attached hydrogens (tertiary/aromatic N) is 3. The smallest absolute Gasteiger partial charge is 0.274 e. The topological polar surface area (TPSA) is 84.4 Å². The average molecular weight is 240 g/mol. The predicted molar refractivity (Wildman–Crippen MR) is 65.5 cm³/mol. The van der Waals surface area contributed by atoms with Crippen molar-refractivity contribution in [1.82, 2.24) is 14.7 Å². The third kappa shape index (κ3) is 3.20. The Morgan fingerprint density at radius 3 is 2.59 bits per heavy atom. The molecular weight excluding hydrogens is 220 g/mol. The zero-order chi connectivity index (χ0) is 13.2. The summed E-state index contributed by atoms with van der Waals surface area (Å²) in [6.07, 6.45) is 1.45. The van der Waals surface area contributed by atoms with E-state index in [2.05, 4.69) is 5.10 Å². The highest BCUT2D eigenvalue weighted by atomic mass is 16.3. The van der Waals surface area contributed by atoms with Crippen LogP contribution in [0, 0.1) is 0 Å². The summed E-state index contributed by atoms with van der Waals surface area (Å²) in [6, 6.07) is 0. The van der Waals surface area contributed by atoms with Gasteiger partial charge in [-0.25, -0.2) is 0 Å². The van der Waals surface area contributed by atoms with Crippen LogP contribution in [-0.4, -0.2) is 44.4 Å². The molecule has 0 aliphatic rings. The first kappa shape index (κ1) is 13.5. The molecule has 0 aromatic carbocycles. The van der Waals surface area contributed by atoms with Gasteiger partial charge in [-0.2, -0.15) is 5.10 Å². The number of aliphatic hydroxyl groups is 1. The highest BCUT2D eigenvalue weighted by Gasteiger charge is 2.25. The van der Waals surface area contributed by atoms with E-state index >= 15 is 0 Å². The van der Waals surface area contributed by atoms with Crippen molar-refractivity contribution >= 4 is 11.6 Å². The van der Waals surface area contributed by atoms with Crippen molar-refractivity contribution in [1.29, 1.82) is 0 Å². The Morgan fingerprint density at radius 2 is 2.24 bits per heavy atom. The van der Waals surface area contributed by atoms with Crippen molar-refractivity contribution < 1.29 is 9.90 Å². The van der Waals surface area contributed by atoms with E-state index < -0.39 is 5.60 Å². The molecular formula is C11H20N4O2. The molecule has 0 aliphatic heterocycles. The fraction of sp³-hybridized carbons (Fsp3) is 0.636. The fourth-order valence-corrected chi connectivity index (χ4v) is 1.66. The van der Waals surface area contributed by atoms with Gasteiger partial charge in [0.25, 0.3) is 5.91 Å². The molecule has 0 saturated carbocycles. The van der Waals surface area contributed by atoms with Crippen LogP contribution >= 0.6 is 0 Å². The molecule has 1 amide bonds. The summed E-state index contributed by atoms with van der Waals surface area (Å²) in [5.74, 6) is -0.216. The van der Waals surface area contributed by atoms with Crippen LogP contribution in [0.1, 0.15) is 31.3 Å². The Bertz CT molecular complexity index is 387. The van der Waals surface area contributed by atoms with Gasteiger partial charge in [0.15, 0.2) is 0 Å². The summed E-state index contributed by atoms with van der Waals surface area (Å²) in [5.41, 5.74) is 5.48. The first-order valence-corrected chi connectivity index (χ1v) is 5.55. The van der Waals surface area contributed by atoms with Crippen molar-refractivity contribution in [2.75, 3.05) is 18.8 Å². The minimum absolute atomic E-state index is 0.216. The van der Waals surface area contributed by atoms with Crippen LogP contribution in [0.25, 0.3) is 0 Å². The number of rotatable bonds is 4. The van der Waals surface area contributed by atoms with E-state index in [-0.39, 0.29) is 12.5 Å². The number of hydrogen-bond donors (Lipinski definition) is 2. The summed E-state index contributed by atoms with van der Waals surface area (Å²) in [7, 11) is 1.67. The molecule has 6 nitrogen and oxygen atoms in total. The second-order valence-corrected chi connectivity index (χ2v) is 4.70. The third-order valence-electron chi connectivity index (χ3n) is 2.42. The Hall–Kier alpha value is -1.56. The lowest BCUT2D eigenvalue weighted by atomic mass is 10.1. The molecule has 1 heterocycles. The van der Waals surface area contributed by atoms with E-state index in [1.54, 1.807) is 25.8 Å². The summed E-state index contributed by atoms with van der Waals surface area (Å²) >= 11 is 0. The SMILES string of the molecule is CCN(CC(C)(C)O)C(=O)c1c(N)cnn1C. The molecule has 3 N–H and O–H groups in total. The number of aryl methyl sites for hydroxylation is 1. The molecule has 0 saturated heterocycles. The number of nitrogen functional groups attached to an aromatic ring is 1. The zero-order valence-electron chi connectivity index (χ0n) is 10.8. The third-order valence-corrected chi connectivity index (χ3v) is 2.42. The van der Waals surface area contributed by atoms with Crippen molar-refractivity contribution in [3.63, 3.8) is 0 Å². The number of likely N-dealkylation sites (N-methyl/N-ethyl adjacent to an activating group) is 1. The standard InChI is InChI=1S/C11H20N4O2/c1-5-15(7-11(2,3)17)10(16)9-8(12)6-13-14(9)4/h6,17H,5,7,12H2,1-4H3. The minimum atomic E-state index is -0.932. The monoisotopic (exact) mass is 240 g/mol. The molecule has 0 bridgehead atoms. The van der Waals surface area contributed by atoms with E-state index in [1.807, 2.05) is 6.92 Å². The van der Waals surface area contributed by atoms with Crippen molar-refractivity contribution in [2.45, 2.75) is 26.4 Å². The van der Waals surface area contributed by atoms with Gasteiger partial charge in [-0.1, -0.05) is 0 Å². The van der Waals surface area contributed by atoms with Crippen molar-refractivity contribution in [3.05, 3.63) is 11.9 Å². The number of carbonyl (C=O) groups is 1. The lowest BCUT2D eigenvalue weighted by Gasteiger charge is -2.28. The van der Waals surface area contributed by atoms with E-state index in [0.717, 1.165) is 0 Å². The molecule has 0 atom stereocenters. The molecule has 96 valence electrons.